The number of rotatable bonds is 4. The molecule has 0 radical (unpaired) electrons. The molecule has 1 amide bonds. The fourth-order valence-electron chi connectivity index (χ4n) is 3.24. The molecule has 0 aliphatic heterocycles. The van der Waals surface area contributed by atoms with Gasteiger partial charge < -0.3 is 15.5 Å². The Kier molecular flexibility index (Phi) is 5.44. The number of anilines is 1. The first-order valence-corrected chi connectivity index (χ1v) is 9.79. The Labute approximate surface area is 182 Å². The fraction of sp³-hybridized carbons (Fsp3) is 0.0455. The van der Waals surface area contributed by atoms with Crippen LogP contribution in [0, 0.1) is 0 Å². The maximum atomic E-state index is 12.7. The van der Waals surface area contributed by atoms with E-state index in [1.54, 1.807) is 72.8 Å². The lowest BCUT2D eigenvalue weighted by Gasteiger charge is -2.06. The quantitative estimate of drug-likeness (QED) is 0.422. The van der Waals surface area contributed by atoms with E-state index in [9.17, 15) is 15.0 Å². The molecule has 150 valence electrons. The summed E-state index contributed by atoms with van der Waals surface area (Å²) in [5.41, 5.74) is 1.53. The summed E-state index contributed by atoms with van der Waals surface area (Å²) in [5, 5.41) is 26.1. The number of fused-ring (bicyclic) bond motifs is 1. The molecule has 3 aromatic carbocycles. The molecule has 0 aliphatic carbocycles. The van der Waals surface area contributed by atoms with Crippen molar-refractivity contribution in [3.05, 3.63) is 82.8 Å². The van der Waals surface area contributed by atoms with Crippen molar-refractivity contribution in [3.8, 4) is 17.6 Å². The highest BCUT2D eigenvalue weighted by atomic mass is 35.5. The summed E-state index contributed by atoms with van der Waals surface area (Å²) in [4.78, 5) is 12.7. The van der Waals surface area contributed by atoms with E-state index in [0.29, 0.717) is 32.3 Å². The first kappa shape index (κ1) is 19.9. The Morgan fingerprint density at radius 1 is 0.900 bits per heavy atom. The van der Waals surface area contributed by atoms with Crippen molar-refractivity contribution in [1.82, 2.24) is 0 Å². The molecular weight excluding hydrogens is 425 g/mol. The molecule has 4 rings (SSSR count). The minimum Gasteiger partial charge on any atom is -0.459 e. The molecule has 3 N–H and O–H groups in total. The highest BCUT2D eigenvalue weighted by molar-refractivity contribution is 6.31. The maximum Gasteiger partial charge on any atom is 0.638 e. The maximum absolute atomic E-state index is 12.7. The van der Waals surface area contributed by atoms with Gasteiger partial charge in [-0.2, -0.15) is 0 Å². The van der Waals surface area contributed by atoms with Gasteiger partial charge in [-0.15, -0.1) is 0 Å². The Morgan fingerprint density at radius 3 is 2.37 bits per heavy atom. The second-order valence-electron chi connectivity index (χ2n) is 6.60. The fourth-order valence-corrected chi connectivity index (χ4v) is 3.55. The van der Waals surface area contributed by atoms with E-state index < -0.39 is 0 Å². The minimum absolute atomic E-state index is 0.156. The van der Waals surface area contributed by atoms with Crippen molar-refractivity contribution in [2.75, 3.05) is 5.32 Å². The highest BCUT2D eigenvalue weighted by Crippen LogP contribution is 2.23. The third-order valence-corrected chi connectivity index (χ3v) is 5.07. The molecule has 1 aromatic heterocycles. The Bertz CT molecular complexity index is 1260. The number of aromatic hydroxyl groups is 2. The molecule has 0 fully saturated rings. The number of amides is 1. The van der Waals surface area contributed by atoms with Crippen molar-refractivity contribution in [1.29, 1.82) is 0 Å². The van der Waals surface area contributed by atoms with Gasteiger partial charge in [0.15, 0.2) is 5.39 Å². The number of carbonyl (C=O) groups is 1. The van der Waals surface area contributed by atoms with E-state index >= 15 is 0 Å². The van der Waals surface area contributed by atoms with Gasteiger partial charge in [-0.3, -0.25) is 4.79 Å². The smallest absolute Gasteiger partial charge is 0.459 e. The number of halogens is 2. The van der Waals surface area contributed by atoms with Gasteiger partial charge in [-0.1, -0.05) is 46.0 Å². The van der Waals surface area contributed by atoms with Crippen LogP contribution in [0.15, 0.2) is 72.8 Å². The molecule has 4 aromatic rings. The van der Waals surface area contributed by atoms with Crippen molar-refractivity contribution in [2.24, 2.45) is 0 Å². The zero-order chi connectivity index (χ0) is 21.3. The van der Waals surface area contributed by atoms with Gasteiger partial charge in [0, 0.05) is 33.9 Å². The topological polar surface area (TPSA) is 77.3 Å². The summed E-state index contributed by atoms with van der Waals surface area (Å²) < 4.78 is 2.68. The molecule has 0 bridgehead atoms. The lowest BCUT2D eigenvalue weighted by atomic mass is 10.2. The molecular formula is C22H17Cl2N3O3+2. The molecule has 6 nitrogen and oxygen atoms in total. The Balaban J connectivity index is 1.80. The first-order chi connectivity index (χ1) is 14.4. The van der Waals surface area contributed by atoms with Gasteiger partial charge in [-0.25, -0.2) is 0 Å². The molecule has 0 spiro atoms. The standard InChI is InChI=1S/C22H15Cl2N3O3/c23-14-8-10-17(11-9-14)27-21(29)18-6-1-2-7-19(18)26(22(27)30)13-20(28)25-16-5-3-4-15(24)12-16/h1-12H,13H2,(H,25,28)/p+2. The Morgan fingerprint density at radius 2 is 1.63 bits per heavy atom. The molecule has 1 heterocycles. The van der Waals surface area contributed by atoms with Crippen molar-refractivity contribution in [2.45, 2.75) is 6.54 Å². The van der Waals surface area contributed by atoms with Crippen LogP contribution in [0.3, 0.4) is 0 Å². The SMILES string of the molecule is O=C(C[n+]1c(O)[n+](-c2ccc(Cl)cc2)c(O)c2ccccc21)Nc1cccc(Cl)c1. The van der Waals surface area contributed by atoms with Crippen LogP contribution in [0.1, 0.15) is 0 Å². The lowest BCUT2D eigenvalue weighted by Crippen LogP contribution is -2.49. The molecule has 0 atom stereocenters. The number of hydrogen-bond donors (Lipinski definition) is 3. The number of nitrogens with one attached hydrogen (secondary N) is 1. The van der Waals surface area contributed by atoms with E-state index in [-0.39, 0.29) is 24.3 Å². The highest BCUT2D eigenvalue weighted by Gasteiger charge is 2.36. The minimum atomic E-state index is -0.365. The zero-order valence-corrected chi connectivity index (χ0v) is 17.1. The molecule has 0 aliphatic rings. The van der Waals surface area contributed by atoms with Gasteiger partial charge >= 0.3 is 11.9 Å². The second-order valence-corrected chi connectivity index (χ2v) is 7.47. The van der Waals surface area contributed by atoms with Crippen LogP contribution in [0.5, 0.6) is 11.9 Å². The summed E-state index contributed by atoms with van der Waals surface area (Å²) in [6.45, 7) is -0.188. The van der Waals surface area contributed by atoms with Crippen LogP contribution < -0.4 is 14.5 Å². The summed E-state index contributed by atoms with van der Waals surface area (Å²) >= 11 is 11.9. The van der Waals surface area contributed by atoms with Crippen LogP contribution in [-0.4, -0.2) is 16.1 Å². The van der Waals surface area contributed by atoms with E-state index in [1.165, 1.54) is 9.13 Å². The van der Waals surface area contributed by atoms with Gasteiger partial charge in [0.1, 0.15) is 0 Å². The van der Waals surface area contributed by atoms with E-state index in [4.69, 9.17) is 23.2 Å². The van der Waals surface area contributed by atoms with Crippen LogP contribution in [0.4, 0.5) is 5.69 Å². The van der Waals surface area contributed by atoms with Gasteiger partial charge in [0.25, 0.3) is 5.91 Å². The molecule has 0 saturated heterocycles. The molecule has 30 heavy (non-hydrogen) atoms. The lowest BCUT2D eigenvalue weighted by molar-refractivity contribution is -0.774. The number of carbonyl (C=O) groups excluding carboxylic acids is 1. The van der Waals surface area contributed by atoms with E-state index in [0.717, 1.165) is 0 Å². The number of aromatic nitrogens is 2. The number of hydrogen-bond acceptors (Lipinski definition) is 3. The predicted octanol–water partition coefficient (Wildman–Crippen LogP) is 3.76. The molecule has 8 heteroatoms. The number of benzene rings is 3. The molecule has 0 unspecified atom stereocenters. The number of nitrogens with zero attached hydrogens (tertiary/aromatic N) is 2. The summed E-state index contributed by atoms with van der Waals surface area (Å²) in [6.07, 6.45) is 0. The largest absolute Gasteiger partial charge is 0.638 e. The van der Waals surface area contributed by atoms with Crippen LogP contribution in [-0.2, 0) is 11.3 Å². The molecule has 0 saturated carbocycles. The van der Waals surface area contributed by atoms with E-state index in [2.05, 4.69) is 5.32 Å². The first-order valence-electron chi connectivity index (χ1n) is 9.04. The van der Waals surface area contributed by atoms with Crippen LogP contribution >= 0.6 is 23.2 Å². The summed E-state index contributed by atoms with van der Waals surface area (Å²) in [6, 6.07) is 20.0. The average molecular weight is 442 g/mol. The average Bonchev–Trinajstić information content (AvgIpc) is 2.72. The number of para-hydroxylation sites is 1. The Hall–Kier alpha value is -3.35. The van der Waals surface area contributed by atoms with Crippen molar-refractivity contribution in [3.63, 3.8) is 0 Å². The third kappa shape index (κ3) is 3.87. The van der Waals surface area contributed by atoms with Gasteiger partial charge in [0.2, 0.25) is 17.7 Å². The van der Waals surface area contributed by atoms with Crippen molar-refractivity contribution >= 4 is 45.7 Å². The predicted molar refractivity (Wildman–Crippen MR) is 114 cm³/mol. The van der Waals surface area contributed by atoms with Gasteiger partial charge in [0.05, 0.1) is 0 Å². The third-order valence-electron chi connectivity index (χ3n) is 4.58. The zero-order valence-electron chi connectivity index (χ0n) is 15.6. The van der Waals surface area contributed by atoms with Gasteiger partial charge in [-0.05, 0) is 41.0 Å². The normalized spacial score (nSPS) is 10.9. The monoisotopic (exact) mass is 441 g/mol. The van der Waals surface area contributed by atoms with Crippen LogP contribution in [0.2, 0.25) is 10.0 Å². The van der Waals surface area contributed by atoms with Crippen LogP contribution in [0.25, 0.3) is 16.6 Å². The summed E-state index contributed by atoms with van der Waals surface area (Å²) in [7, 11) is 0. The van der Waals surface area contributed by atoms with E-state index in [1.807, 2.05) is 0 Å². The van der Waals surface area contributed by atoms with Crippen molar-refractivity contribution < 1.29 is 24.1 Å². The summed E-state index contributed by atoms with van der Waals surface area (Å²) in [5.74, 6) is -0.520. The second kappa shape index (κ2) is 8.18.